The van der Waals surface area contributed by atoms with E-state index in [0.717, 1.165) is 11.3 Å². The zero-order valence-corrected chi connectivity index (χ0v) is 11.0. The van der Waals surface area contributed by atoms with Crippen molar-refractivity contribution >= 4 is 18.9 Å². The second kappa shape index (κ2) is 2.82. The molecule has 2 aliphatic heterocycles. The molecule has 2 amide bonds. The Morgan fingerprint density at radius 1 is 1.18 bits per heavy atom. The summed E-state index contributed by atoms with van der Waals surface area (Å²) in [4.78, 5) is 11.8. The van der Waals surface area contributed by atoms with Gasteiger partial charge in [0, 0.05) is 0 Å². The normalized spacial score (nSPS) is 26.2. The topological polar surface area (TPSA) is 32.8 Å². The molecule has 0 N–H and O–H groups in total. The maximum absolute atomic E-state index is 11.8. The van der Waals surface area contributed by atoms with Crippen LogP contribution in [0.2, 0.25) is 0 Å². The molecule has 0 spiro atoms. The van der Waals surface area contributed by atoms with Gasteiger partial charge in [0.25, 0.3) is 0 Å². The molecule has 0 atom stereocenters. The molecule has 0 unspecified atom stereocenters. The average molecular weight is 250 g/mol. The summed E-state index contributed by atoms with van der Waals surface area (Å²) in [5, 5.41) is 0. The first-order valence-electron chi connectivity index (χ1n) is 5.49. The Bertz CT molecular complexity index is 539. The van der Waals surface area contributed by atoms with Gasteiger partial charge < -0.3 is 0 Å². The molecule has 4 nitrogen and oxygen atoms in total. The summed E-state index contributed by atoms with van der Waals surface area (Å²) in [6, 6.07) is 9.88. The number of carbonyl (C=O) groups excluding carboxylic acids is 1. The van der Waals surface area contributed by atoms with Gasteiger partial charge in [-0.05, 0) is 0 Å². The molecule has 90 valence electrons. The summed E-state index contributed by atoms with van der Waals surface area (Å²) in [7, 11) is -0.822. The Hall–Kier alpha value is -1.54. The molecule has 2 aliphatic rings. The van der Waals surface area contributed by atoms with Crippen LogP contribution in [0.25, 0.3) is 5.76 Å². The average Bonchev–Trinajstić information content (AvgIpc) is 2.60. The monoisotopic (exact) mass is 250 g/mol. The van der Waals surface area contributed by atoms with E-state index < -0.39 is 7.13 Å². The van der Waals surface area contributed by atoms with Gasteiger partial charge in [0.05, 0.1) is 0 Å². The van der Waals surface area contributed by atoms with Gasteiger partial charge in [-0.1, -0.05) is 0 Å². The van der Waals surface area contributed by atoms with Gasteiger partial charge in [-0.2, -0.15) is 0 Å². The number of fused-ring (bicyclic) bond motifs is 1. The number of nitrogens with zero attached hydrogens (tertiary/aromatic N) is 2. The van der Waals surface area contributed by atoms with Crippen LogP contribution in [-0.2, 0) is 4.52 Å². The van der Waals surface area contributed by atoms with Crippen molar-refractivity contribution in [2.45, 2.75) is 0 Å². The molecule has 17 heavy (non-hydrogen) atoms. The van der Waals surface area contributed by atoms with Gasteiger partial charge in [-0.3, -0.25) is 0 Å². The first-order chi connectivity index (χ1) is 7.92. The van der Waals surface area contributed by atoms with Crippen LogP contribution in [0.4, 0.5) is 4.79 Å². The Morgan fingerprint density at radius 3 is 2.41 bits per heavy atom. The van der Waals surface area contributed by atoms with Crippen LogP contribution in [0.1, 0.15) is 5.56 Å². The van der Waals surface area contributed by atoms with Crippen LogP contribution >= 0.6 is 7.13 Å². The van der Waals surface area contributed by atoms with Crippen molar-refractivity contribution in [3.63, 3.8) is 0 Å². The van der Waals surface area contributed by atoms with Crippen molar-refractivity contribution < 1.29 is 9.32 Å². The number of rotatable bonds is 1. The number of urea groups is 1. The summed E-state index contributed by atoms with van der Waals surface area (Å²) in [6.45, 7) is 4.05. The second-order valence-electron chi connectivity index (χ2n) is 4.97. The van der Waals surface area contributed by atoms with Crippen molar-refractivity contribution in [2.24, 2.45) is 0 Å². The van der Waals surface area contributed by atoms with Gasteiger partial charge in [0.15, 0.2) is 0 Å². The Kier molecular flexibility index (Phi) is 1.76. The molecule has 1 aromatic carbocycles. The SMILES string of the molecule is CN1C(=O)N2C=C(c3ccccc3)OP12(C)C. The molecule has 0 bridgehead atoms. The number of amides is 2. The summed E-state index contributed by atoms with van der Waals surface area (Å²) in [5.41, 5.74) is 1.01. The molecular weight excluding hydrogens is 235 g/mol. The third-order valence-electron chi connectivity index (χ3n) is 3.61. The molecule has 0 aromatic heterocycles. The van der Waals surface area contributed by atoms with E-state index in [2.05, 4.69) is 0 Å². The maximum atomic E-state index is 11.8. The molecule has 2 heterocycles. The number of benzene rings is 1. The van der Waals surface area contributed by atoms with Crippen LogP contribution in [0, 0.1) is 0 Å². The van der Waals surface area contributed by atoms with E-state index in [1.807, 2.05) is 49.9 Å². The number of hydrogen-bond donors (Lipinski definition) is 0. The molecule has 0 aliphatic carbocycles. The molecule has 1 saturated heterocycles. The quantitative estimate of drug-likeness (QED) is 0.718. The van der Waals surface area contributed by atoms with E-state index in [1.165, 1.54) is 0 Å². The van der Waals surface area contributed by atoms with E-state index in [0.29, 0.717) is 0 Å². The molecule has 5 heteroatoms. The Balaban J connectivity index is 2.02. The van der Waals surface area contributed by atoms with Crippen LogP contribution in [0.15, 0.2) is 36.5 Å². The van der Waals surface area contributed by atoms with Gasteiger partial charge in [-0.15, -0.1) is 0 Å². The fourth-order valence-corrected chi connectivity index (χ4v) is 4.96. The zero-order valence-electron chi connectivity index (χ0n) is 10.1. The van der Waals surface area contributed by atoms with Crippen LogP contribution < -0.4 is 0 Å². The molecule has 3 rings (SSSR count). The van der Waals surface area contributed by atoms with Crippen molar-refractivity contribution in [1.29, 1.82) is 0 Å². The predicted octanol–water partition coefficient (Wildman–Crippen LogP) is 2.94. The summed E-state index contributed by atoms with van der Waals surface area (Å²) < 4.78 is 9.62. The Labute approximate surface area is 101 Å². The molecule has 1 fully saturated rings. The van der Waals surface area contributed by atoms with Crippen molar-refractivity contribution in [1.82, 2.24) is 9.34 Å². The summed E-state index contributed by atoms with van der Waals surface area (Å²) >= 11 is 0. The van der Waals surface area contributed by atoms with Gasteiger partial charge in [-0.25, -0.2) is 0 Å². The van der Waals surface area contributed by atoms with Crippen molar-refractivity contribution in [2.75, 3.05) is 20.4 Å². The van der Waals surface area contributed by atoms with Gasteiger partial charge >= 0.3 is 100 Å². The number of hydrogen-bond acceptors (Lipinski definition) is 2. The van der Waals surface area contributed by atoms with Crippen molar-refractivity contribution in [3.05, 3.63) is 42.1 Å². The van der Waals surface area contributed by atoms with Crippen LogP contribution in [0.5, 0.6) is 0 Å². The van der Waals surface area contributed by atoms with Crippen LogP contribution in [0.3, 0.4) is 0 Å². The van der Waals surface area contributed by atoms with E-state index in [9.17, 15) is 4.79 Å². The van der Waals surface area contributed by atoms with Gasteiger partial charge in [0.2, 0.25) is 0 Å². The van der Waals surface area contributed by atoms with Crippen LogP contribution in [-0.4, -0.2) is 35.7 Å². The van der Waals surface area contributed by atoms with E-state index >= 15 is 0 Å². The van der Waals surface area contributed by atoms with E-state index in [-0.39, 0.29) is 6.03 Å². The molecule has 0 saturated carbocycles. The third kappa shape index (κ3) is 1.14. The molecule has 0 radical (unpaired) electrons. The minimum atomic E-state index is -2.63. The molecule has 1 aromatic rings. The van der Waals surface area contributed by atoms with E-state index in [1.54, 1.807) is 16.4 Å². The summed E-state index contributed by atoms with van der Waals surface area (Å²) in [6.07, 6.45) is 1.83. The van der Waals surface area contributed by atoms with Crippen molar-refractivity contribution in [3.8, 4) is 0 Å². The summed E-state index contributed by atoms with van der Waals surface area (Å²) in [5.74, 6) is 0.783. The number of carbonyl (C=O) groups is 1. The predicted molar refractivity (Wildman–Crippen MR) is 69.3 cm³/mol. The van der Waals surface area contributed by atoms with E-state index in [4.69, 9.17) is 4.52 Å². The Morgan fingerprint density at radius 2 is 1.82 bits per heavy atom. The standard InChI is InChI=1S/C12H15N2O2P/c1-13-12(15)14-9-11(16-17(13,14,2)3)10-7-5-4-6-8-10/h4-9H,1-3H3. The third-order valence-corrected chi connectivity index (χ3v) is 7.73. The first-order valence-corrected chi connectivity index (χ1v) is 8.44. The first kappa shape index (κ1) is 10.6. The minimum absolute atomic E-state index is 0.0126. The second-order valence-corrected chi connectivity index (χ2v) is 9.91. The fourth-order valence-electron chi connectivity index (χ4n) is 2.22. The fraction of sp³-hybridized carbons (Fsp3) is 0.250. The van der Waals surface area contributed by atoms with Gasteiger partial charge in [0.1, 0.15) is 0 Å². The molecular formula is C12H15N2O2P. The zero-order chi connectivity index (χ0) is 12.3.